The third-order valence-electron chi connectivity index (χ3n) is 6.32. The summed E-state index contributed by atoms with van der Waals surface area (Å²) in [5.74, 6) is 0.646. The number of hydrogen-bond acceptors (Lipinski definition) is 3. The van der Waals surface area contributed by atoms with E-state index in [1.807, 2.05) is 43.3 Å². The Morgan fingerprint density at radius 1 is 1.20 bits per heavy atom. The van der Waals surface area contributed by atoms with Gasteiger partial charge in [-0.25, -0.2) is 0 Å². The van der Waals surface area contributed by atoms with E-state index in [-0.39, 0.29) is 18.4 Å². The van der Waals surface area contributed by atoms with Crippen molar-refractivity contribution >= 4 is 34.3 Å². The minimum absolute atomic E-state index is 0.0407. The summed E-state index contributed by atoms with van der Waals surface area (Å²) in [6, 6.07) is 13.2. The van der Waals surface area contributed by atoms with Gasteiger partial charge in [-0.05, 0) is 54.8 Å². The van der Waals surface area contributed by atoms with Crippen LogP contribution in [0, 0.1) is 0 Å². The lowest BCUT2D eigenvalue weighted by atomic mass is 9.83. The summed E-state index contributed by atoms with van der Waals surface area (Å²) in [4.78, 5) is 33.6. The van der Waals surface area contributed by atoms with Crippen LogP contribution in [0.5, 0.6) is 5.75 Å². The molecule has 3 heterocycles. The number of benzene rings is 2. The van der Waals surface area contributed by atoms with Gasteiger partial charge in [0.25, 0.3) is 5.91 Å². The van der Waals surface area contributed by atoms with Crippen molar-refractivity contribution in [3.63, 3.8) is 0 Å². The maximum Gasteiger partial charge on any atom is 0.255 e. The van der Waals surface area contributed by atoms with Gasteiger partial charge in [0.2, 0.25) is 5.91 Å². The Hall–Kier alpha value is -2.99. The fraction of sp³-hybridized carbons (Fsp3) is 0.304. The molecule has 2 aromatic carbocycles. The summed E-state index contributed by atoms with van der Waals surface area (Å²) in [7, 11) is 1.64. The zero-order valence-electron chi connectivity index (χ0n) is 16.9. The van der Waals surface area contributed by atoms with Crippen LogP contribution in [0.4, 0.5) is 0 Å². The molecule has 3 aromatic rings. The van der Waals surface area contributed by atoms with Crippen LogP contribution in [0.1, 0.15) is 23.7 Å². The monoisotopic (exact) mass is 423 g/mol. The zero-order valence-corrected chi connectivity index (χ0v) is 17.6. The molecule has 0 saturated carbocycles. The molecule has 2 amide bonds. The highest BCUT2D eigenvalue weighted by atomic mass is 35.5. The fourth-order valence-electron chi connectivity index (χ4n) is 4.82. The number of hydrogen-bond donors (Lipinski definition) is 1. The molecule has 154 valence electrons. The Morgan fingerprint density at radius 2 is 2.03 bits per heavy atom. The van der Waals surface area contributed by atoms with E-state index < -0.39 is 5.54 Å². The molecule has 1 atom stereocenters. The molecule has 1 aromatic heterocycles. The number of carbonyl (C=O) groups excluding carboxylic acids is 2. The molecule has 0 spiro atoms. The van der Waals surface area contributed by atoms with E-state index in [1.165, 1.54) is 0 Å². The number of nitrogens with one attached hydrogen (secondary N) is 1. The fourth-order valence-corrected chi connectivity index (χ4v) is 5.03. The second kappa shape index (κ2) is 6.77. The molecule has 0 aliphatic carbocycles. The van der Waals surface area contributed by atoms with Gasteiger partial charge in [0.1, 0.15) is 12.3 Å². The first kappa shape index (κ1) is 19.0. The number of amides is 2. The average Bonchev–Trinajstić information content (AvgIpc) is 3.11. The van der Waals surface area contributed by atoms with Gasteiger partial charge in [-0.15, -0.1) is 0 Å². The number of ether oxygens (including phenoxy) is 1. The highest BCUT2D eigenvalue weighted by molar-refractivity contribution is 6.30. The van der Waals surface area contributed by atoms with Crippen LogP contribution in [-0.2, 0) is 28.1 Å². The number of methoxy groups -OCH3 is 1. The summed E-state index contributed by atoms with van der Waals surface area (Å²) in [5.41, 5.74) is 2.65. The van der Waals surface area contributed by atoms with E-state index in [2.05, 4.69) is 4.98 Å². The Labute approximate surface area is 179 Å². The molecule has 0 bridgehead atoms. The van der Waals surface area contributed by atoms with Crippen molar-refractivity contribution in [2.24, 2.45) is 0 Å². The zero-order chi connectivity index (χ0) is 21.0. The molecule has 6 nitrogen and oxygen atoms in total. The van der Waals surface area contributed by atoms with E-state index in [0.717, 1.165) is 33.5 Å². The lowest BCUT2D eigenvalue weighted by Gasteiger charge is -2.49. The molecule has 5 rings (SSSR count). The molecule has 1 fully saturated rings. The minimum Gasteiger partial charge on any atom is -0.497 e. The molecule has 1 N–H and O–H groups in total. The lowest BCUT2D eigenvalue weighted by Crippen LogP contribution is -2.66. The maximum atomic E-state index is 13.7. The Bertz CT molecular complexity index is 1190. The van der Waals surface area contributed by atoms with Crippen molar-refractivity contribution in [1.82, 2.24) is 14.8 Å². The van der Waals surface area contributed by atoms with Gasteiger partial charge in [0.15, 0.2) is 5.54 Å². The molecular weight excluding hydrogens is 402 g/mol. The molecule has 2 aliphatic heterocycles. The van der Waals surface area contributed by atoms with Crippen molar-refractivity contribution in [2.75, 3.05) is 20.2 Å². The number of fused-ring (bicyclic) bond motifs is 5. The predicted molar refractivity (Wildman–Crippen MR) is 114 cm³/mol. The highest BCUT2D eigenvalue weighted by Gasteiger charge is 2.54. The lowest BCUT2D eigenvalue weighted by molar-refractivity contribution is -0.166. The first-order valence-electron chi connectivity index (χ1n) is 9.95. The van der Waals surface area contributed by atoms with Gasteiger partial charge in [0.05, 0.1) is 12.8 Å². The molecule has 2 aliphatic rings. The van der Waals surface area contributed by atoms with Gasteiger partial charge in [0, 0.05) is 29.0 Å². The molecule has 1 saturated heterocycles. The number of nitrogens with zero attached hydrogens (tertiary/aromatic N) is 2. The van der Waals surface area contributed by atoms with Gasteiger partial charge < -0.3 is 19.5 Å². The van der Waals surface area contributed by atoms with Gasteiger partial charge >= 0.3 is 0 Å². The standard InChI is InChI=1S/C23H22ClN3O3/c1-23-21-17(18-11-16(30-2)6-7-19(18)25-21)8-9-27(23)20(28)13-26(22(23)29)12-14-4-3-5-15(24)10-14/h3-7,10-11,25H,8-9,12-13H2,1-2H3. The third-order valence-corrected chi connectivity index (χ3v) is 6.55. The number of H-pyrrole nitrogens is 1. The van der Waals surface area contributed by atoms with Crippen LogP contribution < -0.4 is 4.74 Å². The van der Waals surface area contributed by atoms with Gasteiger partial charge in [-0.1, -0.05) is 23.7 Å². The predicted octanol–water partition coefficient (Wildman–Crippen LogP) is 3.47. The minimum atomic E-state index is -1.06. The van der Waals surface area contributed by atoms with E-state index in [4.69, 9.17) is 16.3 Å². The Balaban J connectivity index is 1.59. The number of aromatic nitrogens is 1. The summed E-state index contributed by atoms with van der Waals surface area (Å²) in [6.07, 6.45) is 0.700. The van der Waals surface area contributed by atoms with Gasteiger partial charge in [-0.2, -0.15) is 0 Å². The largest absolute Gasteiger partial charge is 0.497 e. The van der Waals surface area contributed by atoms with Crippen molar-refractivity contribution in [1.29, 1.82) is 0 Å². The van der Waals surface area contributed by atoms with Gasteiger partial charge in [-0.3, -0.25) is 9.59 Å². The number of carbonyl (C=O) groups is 2. The van der Waals surface area contributed by atoms with Crippen LogP contribution >= 0.6 is 11.6 Å². The third kappa shape index (κ3) is 2.70. The molecular formula is C23H22ClN3O3. The summed E-state index contributed by atoms with van der Waals surface area (Å²) in [6.45, 7) is 2.79. The van der Waals surface area contributed by atoms with Crippen LogP contribution in [0.25, 0.3) is 10.9 Å². The SMILES string of the molecule is COc1ccc2[nH]c3c(c2c1)CCN1C(=O)CN(Cc2cccc(Cl)c2)C(=O)C31C. The topological polar surface area (TPSA) is 65.6 Å². The summed E-state index contributed by atoms with van der Waals surface area (Å²) >= 11 is 6.11. The van der Waals surface area contributed by atoms with Crippen molar-refractivity contribution < 1.29 is 14.3 Å². The molecule has 7 heteroatoms. The number of halogens is 1. The van der Waals surface area contributed by atoms with Crippen LogP contribution in [-0.4, -0.2) is 46.8 Å². The Kier molecular flexibility index (Phi) is 4.29. The van der Waals surface area contributed by atoms with Crippen molar-refractivity contribution in [3.8, 4) is 5.75 Å². The Morgan fingerprint density at radius 3 is 2.80 bits per heavy atom. The maximum absolute atomic E-state index is 13.7. The van der Waals surface area contributed by atoms with Crippen molar-refractivity contribution in [3.05, 3.63) is 64.3 Å². The van der Waals surface area contributed by atoms with E-state index in [1.54, 1.807) is 23.0 Å². The summed E-state index contributed by atoms with van der Waals surface area (Å²) < 4.78 is 5.38. The average molecular weight is 424 g/mol. The molecule has 1 unspecified atom stereocenters. The van der Waals surface area contributed by atoms with Crippen molar-refractivity contribution in [2.45, 2.75) is 25.4 Å². The first-order valence-corrected chi connectivity index (χ1v) is 10.3. The number of piperazine rings is 1. The molecule has 0 radical (unpaired) electrons. The number of rotatable bonds is 3. The van der Waals surface area contributed by atoms with E-state index >= 15 is 0 Å². The van der Waals surface area contributed by atoms with Crippen LogP contribution in [0.15, 0.2) is 42.5 Å². The van der Waals surface area contributed by atoms with Crippen LogP contribution in [0.2, 0.25) is 5.02 Å². The smallest absolute Gasteiger partial charge is 0.255 e. The normalized spacial score (nSPS) is 21.0. The summed E-state index contributed by atoms with van der Waals surface area (Å²) in [5, 5.41) is 1.65. The number of aromatic amines is 1. The molecule has 30 heavy (non-hydrogen) atoms. The van der Waals surface area contributed by atoms with Crippen LogP contribution in [0.3, 0.4) is 0 Å². The first-order chi connectivity index (χ1) is 14.4. The highest BCUT2D eigenvalue weighted by Crippen LogP contribution is 2.42. The van der Waals surface area contributed by atoms with E-state index in [9.17, 15) is 9.59 Å². The van der Waals surface area contributed by atoms with E-state index in [0.29, 0.717) is 24.5 Å². The second-order valence-electron chi connectivity index (χ2n) is 8.05. The quantitative estimate of drug-likeness (QED) is 0.701. The second-order valence-corrected chi connectivity index (χ2v) is 8.49.